The summed E-state index contributed by atoms with van der Waals surface area (Å²) in [4.78, 5) is 0. The molecule has 9 aromatic carbocycles. The number of aromatic nitrogens is 1. The largest absolute Gasteiger partial charge is 0.309 e. The zero-order chi connectivity index (χ0) is 35.3. The summed E-state index contributed by atoms with van der Waals surface area (Å²) in [5.41, 5.74) is 13.0. The molecule has 10 rings (SSSR count). The summed E-state index contributed by atoms with van der Waals surface area (Å²) < 4.78 is 2.26. The third kappa shape index (κ3) is 4.94. The Morgan fingerprint density at radius 3 is 1.36 bits per heavy atom. The molecule has 2 nitrogen and oxygen atoms in total. The summed E-state index contributed by atoms with van der Waals surface area (Å²) in [6.07, 6.45) is 0. The molecule has 0 aliphatic heterocycles. The van der Waals surface area contributed by atoms with Crippen LogP contribution in [0.3, 0.4) is 0 Å². The van der Waals surface area contributed by atoms with Crippen molar-refractivity contribution in [1.29, 1.82) is 5.26 Å². The van der Waals surface area contributed by atoms with E-state index in [0.717, 1.165) is 33.4 Å². The van der Waals surface area contributed by atoms with Gasteiger partial charge in [-0.05, 0) is 90.3 Å². The van der Waals surface area contributed by atoms with Gasteiger partial charge in [0.2, 0.25) is 0 Å². The normalized spacial score (nSPS) is 11.4. The zero-order valence-electron chi connectivity index (χ0n) is 28.9. The Kier molecular flexibility index (Phi) is 7.23. The Hall–Kier alpha value is -7.21. The summed E-state index contributed by atoms with van der Waals surface area (Å²) >= 11 is 0. The van der Waals surface area contributed by atoms with E-state index in [-0.39, 0.29) is 0 Å². The van der Waals surface area contributed by atoms with E-state index >= 15 is 0 Å². The Bertz CT molecular complexity index is 2940. The molecule has 0 fully saturated rings. The molecule has 2 heteroatoms. The molecule has 0 amide bonds. The highest BCUT2D eigenvalue weighted by Gasteiger charge is 2.19. The van der Waals surface area contributed by atoms with Gasteiger partial charge in [0.15, 0.2) is 0 Å². The van der Waals surface area contributed by atoms with Crippen LogP contribution in [0.4, 0.5) is 0 Å². The lowest BCUT2D eigenvalue weighted by Crippen LogP contribution is -1.96. The molecule has 53 heavy (non-hydrogen) atoms. The smallest absolute Gasteiger partial charge is 0.0998 e. The number of fused-ring (bicyclic) bond motifs is 5. The molecule has 0 radical (unpaired) electrons. The highest BCUT2D eigenvalue weighted by molar-refractivity contribution is 6.22. The first-order valence-electron chi connectivity index (χ1n) is 18.0. The van der Waals surface area contributed by atoms with Crippen molar-refractivity contribution in [1.82, 2.24) is 4.57 Å². The minimum Gasteiger partial charge on any atom is -0.309 e. The average Bonchev–Trinajstić information content (AvgIpc) is 3.57. The van der Waals surface area contributed by atoms with Crippen LogP contribution in [0.25, 0.3) is 93.5 Å². The molecule has 0 atom stereocenters. The minimum atomic E-state index is 0.647. The monoisotopic (exact) mass is 672 g/mol. The van der Waals surface area contributed by atoms with Crippen LogP contribution in [0.1, 0.15) is 5.56 Å². The highest BCUT2D eigenvalue weighted by Crippen LogP contribution is 2.46. The highest BCUT2D eigenvalue weighted by atomic mass is 15.0. The van der Waals surface area contributed by atoms with Crippen LogP contribution in [-0.2, 0) is 0 Å². The van der Waals surface area contributed by atoms with Gasteiger partial charge in [0.05, 0.1) is 22.7 Å². The molecule has 0 saturated heterocycles. The van der Waals surface area contributed by atoms with Gasteiger partial charge in [0, 0.05) is 16.5 Å². The number of benzene rings is 9. The van der Waals surface area contributed by atoms with Crippen LogP contribution in [-0.4, -0.2) is 4.57 Å². The lowest BCUT2D eigenvalue weighted by molar-refractivity contribution is 1.18. The Balaban J connectivity index is 1.09. The van der Waals surface area contributed by atoms with E-state index in [9.17, 15) is 5.26 Å². The number of para-hydroxylation sites is 2. The summed E-state index contributed by atoms with van der Waals surface area (Å²) in [6.45, 7) is 0. The lowest BCUT2D eigenvalue weighted by atomic mass is 9.84. The third-order valence-corrected chi connectivity index (χ3v) is 10.7. The van der Waals surface area contributed by atoms with Gasteiger partial charge in [0.1, 0.15) is 0 Å². The summed E-state index contributed by atoms with van der Waals surface area (Å²) in [6, 6.07) is 71.4. The predicted octanol–water partition coefficient (Wildman–Crippen LogP) is 13.6. The molecule has 246 valence electrons. The molecule has 0 bridgehead atoms. The van der Waals surface area contributed by atoms with Crippen molar-refractivity contribution in [3.8, 4) is 56.3 Å². The van der Waals surface area contributed by atoms with Crippen LogP contribution in [0.5, 0.6) is 0 Å². The van der Waals surface area contributed by atoms with Gasteiger partial charge in [-0.3, -0.25) is 0 Å². The average molecular weight is 673 g/mol. The lowest BCUT2D eigenvalue weighted by Gasteiger charge is -2.19. The maximum absolute atomic E-state index is 10.4. The minimum absolute atomic E-state index is 0.647. The second kappa shape index (κ2) is 12.5. The summed E-state index contributed by atoms with van der Waals surface area (Å²) in [7, 11) is 0. The SMILES string of the molecule is N#Cc1cc(-n2c3ccccc3c3ccccc32)ccc1-c1ccc(-c2ccccc2-c2c3ccccc3c(-c3ccccc3)c3ccccc23)cc1. The second-order valence-corrected chi connectivity index (χ2v) is 13.5. The van der Waals surface area contributed by atoms with E-state index in [0.29, 0.717) is 5.56 Å². The first-order valence-corrected chi connectivity index (χ1v) is 18.0. The molecular weight excluding hydrogens is 641 g/mol. The van der Waals surface area contributed by atoms with E-state index < -0.39 is 0 Å². The first kappa shape index (κ1) is 30.6. The molecule has 0 N–H and O–H groups in total. The van der Waals surface area contributed by atoms with E-state index in [1.165, 1.54) is 60.1 Å². The quantitative estimate of drug-likeness (QED) is 0.167. The topological polar surface area (TPSA) is 28.7 Å². The number of nitriles is 1. The van der Waals surface area contributed by atoms with Crippen molar-refractivity contribution in [3.05, 3.63) is 200 Å². The van der Waals surface area contributed by atoms with Gasteiger partial charge in [0.25, 0.3) is 0 Å². The van der Waals surface area contributed by atoms with Crippen LogP contribution >= 0.6 is 0 Å². The number of rotatable bonds is 5. The molecule has 0 aliphatic rings. The molecule has 1 heterocycles. The molecular formula is C51H32N2. The fourth-order valence-electron chi connectivity index (χ4n) is 8.33. The second-order valence-electron chi connectivity index (χ2n) is 13.5. The summed E-state index contributed by atoms with van der Waals surface area (Å²) in [5, 5.41) is 17.8. The maximum atomic E-state index is 10.4. The van der Waals surface area contributed by atoms with E-state index in [1.807, 2.05) is 6.07 Å². The van der Waals surface area contributed by atoms with Gasteiger partial charge in [-0.2, -0.15) is 5.26 Å². The van der Waals surface area contributed by atoms with Gasteiger partial charge in [-0.1, -0.05) is 170 Å². The number of hydrogen-bond donors (Lipinski definition) is 0. The Morgan fingerprint density at radius 2 is 0.792 bits per heavy atom. The molecule has 10 aromatic rings. The predicted molar refractivity (Wildman–Crippen MR) is 222 cm³/mol. The van der Waals surface area contributed by atoms with E-state index in [1.54, 1.807) is 0 Å². The van der Waals surface area contributed by atoms with E-state index in [2.05, 4.69) is 199 Å². The first-order chi connectivity index (χ1) is 26.3. The van der Waals surface area contributed by atoms with Crippen LogP contribution in [0, 0.1) is 11.3 Å². The van der Waals surface area contributed by atoms with Crippen molar-refractivity contribution >= 4 is 43.4 Å². The number of hydrogen-bond acceptors (Lipinski definition) is 1. The third-order valence-electron chi connectivity index (χ3n) is 10.7. The fourth-order valence-corrected chi connectivity index (χ4v) is 8.33. The Morgan fingerprint density at radius 1 is 0.340 bits per heavy atom. The molecule has 0 spiro atoms. The van der Waals surface area contributed by atoms with Crippen molar-refractivity contribution in [2.75, 3.05) is 0 Å². The van der Waals surface area contributed by atoms with Gasteiger partial charge < -0.3 is 4.57 Å². The van der Waals surface area contributed by atoms with Gasteiger partial charge in [-0.15, -0.1) is 0 Å². The summed E-state index contributed by atoms with van der Waals surface area (Å²) in [5.74, 6) is 0. The standard InChI is InChI=1S/C51H32N2/c52-33-37-32-38(53-48-24-12-10-17-41(48)42-18-11-13-25-49(42)53)30-31-39(37)34-26-28-35(29-27-34)40-16-4-5-19-43(40)51-46-22-8-6-20-44(46)50(36-14-2-1-3-15-36)45-21-7-9-23-47(45)51/h1-32H. The van der Waals surface area contributed by atoms with Crippen molar-refractivity contribution in [3.63, 3.8) is 0 Å². The molecule has 0 aliphatic carbocycles. The zero-order valence-corrected chi connectivity index (χ0v) is 28.9. The van der Waals surface area contributed by atoms with Crippen molar-refractivity contribution in [2.45, 2.75) is 0 Å². The number of nitrogens with zero attached hydrogens (tertiary/aromatic N) is 2. The van der Waals surface area contributed by atoms with Crippen LogP contribution < -0.4 is 0 Å². The van der Waals surface area contributed by atoms with Gasteiger partial charge in [-0.25, -0.2) is 0 Å². The molecule has 1 aromatic heterocycles. The maximum Gasteiger partial charge on any atom is 0.0998 e. The molecule has 0 saturated carbocycles. The fraction of sp³-hybridized carbons (Fsp3) is 0. The van der Waals surface area contributed by atoms with Crippen LogP contribution in [0.15, 0.2) is 194 Å². The Labute approximate surface area is 308 Å². The van der Waals surface area contributed by atoms with Crippen LogP contribution in [0.2, 0.25) is 0 Å². The van der Waals surface area contributed by atoms with Crippen molar-refractivity contribution in [2.24, 2.45) is 0 Å². The van der Waals surface area contributed by atoms with Crippen molar-refractivity contribution < 1.29 is 0 Å². The van der Waals surface area contributed by atoms with E-state index in [4.69, 9.17) is 0 Å². The van der Waals surface area contributed by atoms with Gasteiger partial charge >= 0.3 is 0 Å². The molecule has 0 unspecified atom stereocenters.